The van der Waals surface area contributed by atoms with Crippen molar-refractivity contribution in [2.45, 2.75) is 0 Å². The van der Waals surface area contributed by atoms with E-state index in [-0.39, 0.29) is 32.7 Å². The number of thiocarbonyl (C=S) groups is 1. The van der Waals surface area contributed by atoms with Crippen LogP contribution >= 0.6 is 12.2 Å². The van der Waals surface area contributed by atoms with E-state index >= 15 is 0 Å². The number of hydrogen-bond donors (Lipinski definition) is 0. The van der Waals surface area contributed by atoms with Crippen molar-refractivity contribution in [2.75, 3.05) is 0 Å². The third-order valence-electron chi connectivity index (χ3n) is 2.04. The second kappa shape index (κ2) is 8.17. The van der Waals surface area contributed by atoms with E-state index in [2.05, 4.69) is 39.6 Å². The molecule has 2 aromatic carbocycles. The normalized spacial score (nSPS) is 9.56. The maximum absolute atomic E-state index is 4.53. The maximum atomic E-state index is 4.53. The molecule has 18 heavy (non-hydrogen) atoms. The topological polar surface area (TPSA) is 24.7 Å². The predicted molar refractivity (Wildman–Crippen MR) is 72.6 cm³/mol. The molecule has 0 bridgehead atoms. The van der Waals surface area contributed by atoms with Crippen molar-refractivity contribution in [3.05, 3.63) is 60.2 Å². The minimum atomic E-state index is 0. The van der Waals surface area contributed by atoms with Crippen molar-refractivity contribution in [3.8, 4) is 0 Å². The number of aliphatic imine (C=N–C) groups is 2. The van der Waals surface area contributed by atoms with E-state index in [0.29, 0.717) is 0 Å². The molecule has 2 aromatic rings. The van der Waals surface area contributed by atoms with Crippen LogP contribution in [0.5, 0.6) is 0 Å². The first-order valence-corrected chi connectivity index (χ1v) is 5.41. The van der Waals surface area contributed by atoms with Gasteiger partial charge < -0.3 is 4.99 Å². The van der Waals surface area contributed by atoms with E-state index < -0.39 is 0 Å². The largest absolute Gasteiger partial charge is 0.378 e. The summed E-state index contributed by atoms with van der Waals surface area (Å²) in [5.41, 5.74) is 2.41. The number of hydrogen-bond acceptors (Lipinski definition) is 3. The molecule has 0 unspecified atom stereocenters. The molecule has 0 saturated heterocycles. The van der Waals surface area contributed by atoms with Crippen LogP contribution in [-0.2, 0) is 32.7 Å². The summed E-state index contributed by atoms with van der Waals surface area (Å²) < 4.78 is 0. The molecule has 0 amide bonds. The van der Waals surface area contributed by atoms with Gasteiger partial charge in [0.2, 0.25) is 0 Å². The molecule has 0 N–H and O–H groups in total. The molecule has 0 aromatic heterocycles. The Morgan fingerprint density at radius 1 is 1.11 bits per heavy atom. The SMILES string of the molecule is S=C=Nc1ccc([C-]=Nc2[c-]cccc2)cc1.[Y]. The molecule has 85 valence electrons. The molecule has 0 aliphatic heterocycles. The molecule has 4 heteroatoms. The van der Waals surface area contributed by atoms with Gasteiger partial charge in [0.05, 0.1) is 10.8 Å². The summed E-state index contributed by atoms with van der Waals surface area (Å²) in [7, 11) is 0. The van der Waals surface area contributed by atoms with Crippen molar-refractivity contribution in [2.24, 2.45) is 9.98 Å². The monoisotopic (exact) mass is 325 g/mol. The summed E-state index contributed by atoms with van der Waals surface area (Å²) in [6.45, 7) is 0. The Bertz CT molecular complexity index is 558. The van der Waals surface area contributed by atoms with Gasteiger partial charge in [-0.1, -0.05) is 12.1 Å². The van der Waals surface area contributed by atoms with Crippen LogP contribution in [-0.4, -0.2) is 11.4 Å². The fourth-order valence-electron chi connectivity index (χ4n) is 1.24. The third-order valence-corrected chi connectivity index (χ3v) is 2.13. The molecule has 0 saturated carbocycles. The van der Waals surface area contributed by atoms with Gasteiger partial charge in [-0.2, -0.15) is 29.3 Å². The molecular formula is C14H8N2SY-2. The van der Waals surface area contributed by atoms with Gasteiger partial charge in [0.25, 0.3) is 0 Å². The molecule has 0 aliphatic carbocycles. The van der Waals surface area contributed by atoms with Gasteiger partial charge in [-0.3, -0.25) is 0 Å². The molecule has 0 fully saturated rings. The van der Waals surface area contributed by atoms with Crippen LogP contribution in [0.4, 0.5) is 11.4 Å². The van der Waals surface area contributed by atoms with Crippen molar-refractivity contribution >= 4 is 35.0 Å². The van der Waals surface area contributed by atoms with Crippen molar-refractivity contribution in [1.29, 1.82) is 0 Å². The van der Waals surface area contributed by atoms with Crippen molar-refractivity contribution in [3.63, 3.8) is 0 Å². The smallest absolute Gasteiger partial charge is 0.0640 e. The Morgan fingerprint density at radius 3 is 2.50 bits per heavy atom. The second-order valence-corrected chi connectivity index (χ2v) is 3.40. The van der Waals surface area contributed by atoms with Gasteiger partial charge in [0, 0.05) is 32.7 Å². The third kappa shape index (κ3) is 4.71. The van der Waals surface area contributed by atoms with E-state index in [9.17, 15) is 0 Å². The maximum Gasteiger partial charge on any atom is 0.0640 e. The molecule has 2 rings (SSSR count). The van der Waals surface area contributed by atoms with Gasteiger partial charge in [0.1, 0.15) is 0 Å². The summed E-state index contributed by atoms with van der Waals surface area (Å²) in [6.07, 6.45) is 2.94. The van der Waals surface area contributed by atoms with Gasteiger partial charge in [-0.25, -0.2) is 6.07 Å². The molecular weight excluding hydrogens is 317 g/mol. The van der Waals surface area contributed by atoms with Crippen LogP contribution in [0.25, 0.3) is 0 Å². The van der Waals surface area contributed by atoms with E-state index in [1.807, 2.05) is 48.5 Å². The van der Waals surface area contributed by atoms with Crippen LogP contribution in [0, 0.1) is 6.07 Å². The van der Waals surface area contributed by atoms with E-state index in [1.54, 1.807) is 0 Å². The molecule has 0 atom stereocenters. The summed E-state index contributed by atoms with van der Waals surface area (Å²) in [5.74, 6) is 0. The van der Waals surface area contributed by atoms with Crippen LogP contribution in [0.15, 0.2) is 58.5 Å². The van der Waals surface area contributed by atoms with Gasteiger partial charge in [-0.15, -0.1) is 23.4 Å². The molecule has 0 heterocycles. The standard InChI is InChI=1S/C14H8N2S.Y/c17-11-16-14-8-6-12(7-9-14)10-15-13-4-2-1-3-5-13;/h1-4,6-9H;/q-2;. The summed E-state index contributed by atoms with van der Waals surface area (Å²) in [4.78, 5) is 8.05. The van der Waals surface area contributed by atoms with E-state index in [0.717, 1.165) is 16.9 Å². The molecule has 2 nitrogen and oxygen atoms in total. The van der Waals surface area contributed by atoms with Crippen LogP contribution < -0.4 is 0 Å². The molecule has 0 spiro atoms. The average molecular weight is 325 g/mol. The zero-order valence-corrected chi connectivity index (χ0v) is 13.2. The first-order chi connectivity index (χ1) is 8.38. The van der Waals surface area contributed by atoms with Gasteiger partial charge in [0.15, 0.2) is 0 Å². The number of isothiocyanates is 1. The quantitative estimate of drug-likeness (QED) is 0.478. The van der Waals surface area contributed by atoms with Crippen LogP contribution in [0.1, 0.15) is 5.56 Å². The molecule has 1 radical (unpaired) electrons. The van der Waals surface area contributed by atoms with E-state index in [1.165, 1.54) is 0 Å². The van der Waals surface area contributed by atoms with Crippen LogP contribution in [0.3, 0.4) is 0 Å². The Labute approximate surface area is 137 Å². The first kappa shape index (κ1) is 15.1. The number of rotatable bonds is 3. The Hall–Kier alpha value is -0.986. The van der Waals surface area contributed by atoms with Gasteiger partial charge >= 0.3 is 0 Å². The summed E-state index contributed by atoms with van der Waals surface area (Å²) in [6, 6.07) is 17.9. The minimum absolute atomic E-state index is 0. The zero-order valence-electron chi connectivity index (χ0n) is 9.50. The van der Waals surface area contributed by atoms with Crippen molar-refractivity contribution < 1.29 is 32.7 Å². The average Bonchev–Trinajstić information content (AvgIpc) is 2.40. The van der Waals surface area contributed by atoms with E-state index in [4.69, 9.17) is 0 Å². The fourth-order valence-corrected chi connectivity index (χ4v) is 1.35. The van der Waals surface area contributed by atoms with Crippen LogP contribution in [0.2, 0.25) is 0 Å². The minimum Gasteiger partial charge on any atom is -0.378 e. The zero-order chi connectivity index (χ0) is 11.9. The fraction of sp³-hybridized carbons (Fsp3) is 0. The Kier molecular flexibility index (Phi) is 6.85. The molecule has 0 aliphatic rings. The summed E-state index contributed by atoms with van der Waals surface area (Å²) >= 11 is 4.53. The Morgan fingerprint density at radius 2 is 1.89 bits per heavy atom. The number of para-hydroxylation sites is 1. The second-order valence-electron chi connectivity index (χ2n) is 3.22. The predicted octanol–water partition coefficient (Wildman–Crippen LogP) is 3.85. The first-order valence-electron chi connectivity index (χ1n) is 5.00. The Balaban J connectivity index is 0.00000162. The number of nitrogens with zero attached hydrogens (tertiary/aromatic N) is 2. The van der Waals surface area contributed by atoms with Gasteiger partial charge in [-0.05, 0) is 18.4 Å². The summed E-state index contributed by atoms with van der Waals surface area (Å²) in [5, 5.41) is 2.32. The van der Waals surface area contributed by atoms with Crippen molar-refractivity contribution in [1.82, 2.24) is 0 Å². The number of benzene rings is 2.